The smallest absolute Gasteiger partial charge is 0.348 e. The van der Waals surface area contributed by atoms with Crippen LogP contribution in [0.3, 0.4) is 0 Å². The van der Waals surface area contributed by atoms with Gasteiger partial charge in [-0.3, -0.25) is 4.72 Å². The lowest BCUT2D eigenvalue weighted by Crippen LogP contribution is -2.14. The molecule has 2 heterocycles. The largest absolute Gasteiger partial charge is 0.477 e. The van der Waals surface area contributed by atoms with Crippen molar-refractivity contribution < 1.29 is 18.3 Å². The van der Waals surface area contributed by atoms with Gasteiger partial charge in [0.25, 0.3) is 10.0 Å². The van der Waals surface area contributed by atoms with Crippen LogP contribution in [0.5, 0.6) is 0 Å². The normalized spacial score (nSPS) is 10.6. The molecule has 142 valence electrons. The Hall–Kier alpha value is -2.91. The highest BCUT2D eigenvalue weighted by Crippen LogP contribution is 2.25. The quantitative estimate of drug-likeness (QED) is 0.610. The highest BCUT2D eigenvalue weighted by Gasteiger charge is 2.19. The molecule has 0 radical (unpaired) electrons. The number of nitrogens with zero attached hydrogens (tertiary/aromatic N) is 1. The van der Waals surface area contributed by atoms with Crippen LogP contribution in [-0.2, 0) is 10.0 Å². The van der Waals surface area contributed by atoms with Gasteiger partial charge in [0.15, 0.2) is 0 Å². The van der Waals surface area contributed by atoms with E-state index in [1.165, 1.54) is 29.1 Å². The standard InChI is InChI=1S/C11H9NO4S2.C7H10N2/c13-11(14)10-9(6-7-17-10)12-18(15,16)8-4-2-1-3-5-8;1-5-3-6(2)9-7(8)4-5/h1-7,12H,(H,13,14);3-4H,1-2H3,(H2,8,9). The van der Waals surface area contributed by atoms with E-state index in [-0.39, 0.29) is 15.5 Å². The maximum Gasteiger partial charge on any atom is 0.348 e. The summed E-state index contributed by atoms with van der Waals surface area (Å²) in [7, 11) is -3.75. The number of aryl methyl sites for hydroxylation is 2. The first-order valence-corrected chi connectivity index (χ1v) is 10.1. The van der Waals surface area contributed by atoms with Crippen LogP contribution in [0.2, 0.25) is 0 Å². The van der Waals surface area contributed by atoms with Gasteiger partial charge in [0, 0.05) is 5.69 Å². The number of nitrogens with two attached hydrogens (primary N) is 1. The minimum absolute atomic E-state index is 0.0329. The molecular formula is C18H19N3O4S2. The monoisotopic (exact) mass is 405 g/mol. The summed E-state index contributed by atoms with van der Waals surface area (Å²) >= 11 is 0.967. The molecule has 27 heavy (non-hydrogen) atoms. The van der Waals surface area contributed by atoms with Crippen molar-refractivity contribution in [3.05, 3.63) is 70.0 Å². The Morgan fingerprint density at radius 1 is 1.15 bits per heavy atom. The fraction of sp³-hybridized carbons (Fsp3) is 0.111. The summed E-state index contributed by atoms with van der Waals surface area (Å²) in [4.78, 5) is 15.0. The molecular weight excluding hydrogens is 386 g/mol. The second kappa shape index (κ2) is 8.65. The summed E-state index contributed by atoms with van der Waals surface area (Å²) in [6, 6.07) is 13.1. The van der Waals surface area contributed by atoms with Gasteiger partial charge in [0.2, 0.25) is 0 Å². The molecule has 0 amide bonds. The highest BCUT2D eigenvalue weighted by molar-refractivity contribution is 7.92. The lowest BCUT2D eigenvalue weighted by Gasteiger charge is -2.07. The number of hydrogen-bond donors (Lipinski definition) is 3. The summed E-state index contributed by atoms with van der Waals surface area (Å²) in [6.07, 6.45) is 0. The maximum atomic E-state index is 12.0. The van der Waals surface area contributed by atoms with E-state index in [0.29, 0.717) is 5.82 Å². The number of carboxylic acids is 1. The molecule has 9 heteroatoms. The molecule has 0 bridgehead atoms. The van der Waals surface area contributed by atoms with Gasteiger partial charge in [-0.25, -0.2) is 18.2 Å². The molecule has 0 unspecified atom stereocenters. The number of nitrogen functional groups attached to an aromatic ring is 1. The molecule has 0 aliphatic carbocycles. The number of benzene rings is 1. The molecule has 0 saturated heterocycles. The predicted molar refractivity (Wildman–Crippen MR) is 107 cm³/mol. The Balaban J connectivity index is 0.000000244. The Bertz CT molecular complexity index is 981. The average Bonchev–Trinajstić information content (AvgIpc) is 3.02. The molecule has 7 nitrogen and oxygen atoms in total. The molecule has 0 atom stereocenters. The Morgan fingerprint density at radius 2 is 1.81 bits per heavy atom. The second-order valence-corrected chi connectivity index (χ2v) is 8.20. The number of thiophene rings is 1. The van der Waals surface area contributed by atoms with Crippen LogP contribution in [0.15, 0.2) is 58.8 Å². The van der Waals surface area contributed by atoms with E-state index in [0.717, 1.165) is 17.0 Å². The third-order valence-electron chi connectivity index (χ3n) is 3.27. The Labute approximate surface area is 161 Å². The predicted octanol–water partition coefficient (Wildman–Crippen LogP) is 3.53. The minimum atomic E-state index is -3.75. The van der Waals surface area contributed by atoms with Crippen molar-refractivity contribution in [1.82, 2.24) is 4.98 Å². The van der Waals surface area contributed by atoms with Gasteiger partial charge in [-0.1, -0.05) is 18.2 Å². The lowest BCUT2D eigenvalue weighted by molar-refractivity contribution is 0.0703. The third-order valence-corrected chi connectivity index (χ3v) is 5.56. The van der Waals surface area contributed by atoms with E-state index in [4.69, 9.17) is 10.8 Å². The molecule has 4 N–H and O–H groups in total. The topological polar surface area (TPSA) is 122 Å². The second-order valence-electron chi connectivity index (χ2n) is 5.60. The number of rotatable bonds is 4. The van der Waals surface area contributed by atoms with Crippen molar-refractivity contribution in [3.63, 3.8) is 0 Å². The summed E-state index contributed by atoms with van der Waals surface area (Å²) < 4.78 is 26.2. The minimum Gasteiger partial charge on any atom is -0.477 e. The van der Waals surface area contributed by atoms with Gasteiger partial charge in [0.1, 0.15) is 10.7 Å². The van der Waals surface area contributed by atoms with Crippen LogP contribution in [-0.4, -0.2) is 24.5 Å². The first-order valence-electron chi connectivity index (χ1n) is 7.78. The van der Waals surface area contributed by atoms with Crippen molar-refractivity contribution in [2.75, 3.05) is 10.5 Å². The molecule has 3 rings (SSSR count). The van der Waals surface area contributed by atoms with Crippen LogP contribution < -0.4 is 10.5 Å². The van der Waals surface area contributed by atoms with E-state index in [1.54, 1.807) is 18.2 Å². The molecule has 2 aromatic heterocycles. The summed E-state index contributed by atoms with van der Waals surface area (Å²) in [5.74, 6) is -0.553. The van der Waals surface area contributed by atoms with Crippen molar-refractivity contribution in [2.24, 2.45) is 0 Å². The molecule has 0 saturated carbocycles. The van der Waals surface area contributed by atoms with E-state index >= 15 is 0 Å². The van der Waals surface area contributed by atoms with E-state index in [9.17, 15) is 13.2 Å². The van der Waals surface area contributed by atoms with Crippen LogP contribution in [0.1, 0.15) is 20.9 Å². The van der Waals surface area contributed by atoms with Crippen molar-refractivity contribution in [3.8, 4) is 0 Å². The van der Waals surface area contributed by atoms with Crippen LogP contribution in [0, 0.1) is 13.8 Å². The zero-order valence-electron chi connectivity index (χ0n) is 14.7. The highest BCUT2D eigenvalue weighted by atomic mass is 32.2. The molecule has 3 aromatic rings. The van der Waals surface area contributed by atoms with E-state index < -0.39 is 16.0 Å². The first kappa shape index (κ1) is 20.4. The van der Waals surface area contributed by atoms with Gasteiger partial charge in [0.05, 0.1) is 10.6 Å². The van der Waals surface area contributed by atoms with Crippen molar-refractivity contribution in [2.45, 2.75) is 18.7 Å². The summed E-state index contributed by atoms with van der Waals surface area (Å²) in [5, 5.41) is 10.4. The van der Waals surface area contributed by atoms with Crippen molar-refractivity contribution >= 4 is 38.8 Å². The average molecular weight is 406 g/mol. The zero-order valence-corrected chi connectivity index (χ0v) is 16.3. The van der Waals surface area contributed by atoms with Gasteiger partial charge in [-0.15, -0.1) is 11.3 Å². The summed E-state index contributed by atoms with van der Waals surface area (Å²) in [6.45, 7) is 3.94. The fourth-order valence-corrected chi connectivity index (χ4v) is 4.08. The SMILES string of the molecule is Cc1cc(C)nc(N)c1.O=C(O)c1sccc1NS(=O)(=O)c1ccccc1. The number of carbonyl (C=O) groups is 1. The maximum absolute atomic E-state index is 12.0. The zero-order chi connectivity index (χ0) is 20.0. The number of aromatic nitrogens is 1. The van der Waals surface area contributed by atoms with Crippen molar-refractivity contribution in [1.29, 1.82) is 0 Å². The number of sulfonamides is 1. The number of pyridine rings is 1. The number of hydrogen-bond acceptors (Lipinski definition) is 6. The molecule has 1 aromatic carbocycles. The molecule has 0 spiro atoms. The van der Waals surface area contributed by atoms with Crippen LogP contribution >= 0.6 is 11.3 Å². The number of aromatic carboxylic acids is 1. The van der Waals surface area contributed by atoms with E-state index in [2.05, 4.69) is 9.71 Å². The van der Waals surface area contributed by atoms with Gasteiger partial charge in [-0.2, -0.15) is 0 Å². The fourth-order valence-electron chi connectivity index (χ4n) is 2.23. The van der Waals surface area contributed by atoms with Crippen LogP contribution in [0.4, 0.5) is 11.5 Å². The molecule has 0 aliphatic heterocycles. The van der Waals surface area contributed by atoms with Gasteiger partial charge >= 0.3 is 5.97 Å². The first-order chi connectivity index (χ1) is 12.7. The van der Waals surface area contributed by atoms with Gasteiger partial charge < -0.3 is 10.8 Å². The Kier molecular flexibility index (Phi) is 6.54. The van der Waals surface area contributed by atoms with Crippen LogP contribution in [0.25, 0.3) is 0 Å². The molecule has 0 fully saturated rings. The summed E-state index contributed by atoms with van der Waals surface area (Å²) in [5.41, 5.74) is 7.67. The number of anilines is 2. The molecule has 0 aliphatic rings. The van der Waals surface area contributed by atoms with E-state index in [1.807, 2.05) is 26.0 Å². The van der Waals surface area contributed by atoms with Gasteiger partial charge in [-0.05, 0) is 55.1 Å². The number of carboxylic acid groups (broad SMARTS) is 1. The Morgan fingerprint density at radius 3 is 2.37 bits per heavy atom. The third kappa shape index (κ3) is 5.80. The number of nitrogens with one attached hydrogen (secondary N) is 1. The lowest BCUT2D eigenvalue weighted by atomic mass is 10.2.